The Morgan fingerprint density at radius 2 is 2.04 bits per heavy atom. The molecule has 2 heterocycles. The number of fused-ring (bicyclic) bond motifs is 1. The van der Waals surface area contributed by atoms with Crippen LogP contribution in [-0.4, -0.2) is 35.4 Å². The molecule has 1 aliphatic heterocycles. The number of piperidine rings is 1. The molecule has 2 amide bonds. The van der Waals surface area contributed by atoms with Gasteiger partial charge in [-0.3, -0.25) is 5.10 Å². The van der Waals surface area contributed by atoms with Gasteiger partial charge < -0.3 is 21.7 Å². The maximum absolute atomic E-state index is 12.1. The number of nitrogens with two attached hydrogens (primary N) is 1. The van der Waals surface area contributed by atoms with Crippen LogP contribution >= 0.6 is 0 Å². The number of amides is 2. The van der Waals surface area contributed by atoms with Gasteiger partial charge in [-0.2, -0.15) is 5.10 Å². The summed E-state index contributed by atoms with van der Waals surface area (Å²) in [7, 11) is 0. The monoisotopic (exact) mass is 350 g/mol. The van der Waals surface area contributed by atoms with Crippen LogP contribution in [0.2, 0.25) is 0 Å². The molecule has 1 fully saturated rings. The maximum atomic E-state index is 12.1. The Balaban J connectivity index is 1.48. The zero-order chi connectivity index (χ0) is 17.9. The lowest BCUT2D eigenvalue weighted by Gasteiger charge is -2.23. The van der Waals surface area contributed by atoms with Crippen LogP contribution in [0.4, 0.5) is 16.3 Å². The minimum absolute atomic E-state index is 0.173. The lowest BCUT2D eigenvalue weighted by Crippen LogP contribution is -2.47. The summed E-state index contributed by atoms with van der Waals surface area (Å²) in [5.74, 6) is 0.485. The summed E-state index contributed by atoms with van der Waals surface area (Å²) in [4.78, 5) is 12.1. The highest BCUT2D eigenvalue weighted by Crippen LogP contribution is 2.31. The van der Waals surface area contributed by atoms with E-state index in [1.54, 1.807) is 0 Å². The first-order valence-corrected chi connectivity index (χ1v) is 8.82. The molecule has 1 saturated heterocycles. The molecule has 0 radical (unpaired) electrons. The number of aromatic amines is 1. The Morgan fingerprint density at radius 1 is 1.19 bits per heavy atom. The first kappa shape index (κ1) is 16.4. The van der Waals surface area contributed by atoms with Gasteiger partial charge in [-0.15, -0.1) is 0 Å². The number of urea groups is 1. The SMILES string of the molecule is Nc1n[nH]c2cccc(-c3ccc(NC(=O)NC4CCCNC4)cc3)c12. The zero-order valence-electron chi connectivity index (χ0n) is 14.4. The number of hydrogen-bond donors (Lipinski definition) is 5. The highest BCUT2D eigenvalue weighted by atomic mass is 16.2. The second kappa shape index (κ2) is 7.05. The molecule has 0 spiro atoms. The van der Waals surface area contributed by atoms with Crippen molar-refractivity contribution >= 4 is 28.4 Å². The van der Waals surface area contributed by atoms with Gasteiger partial charge in [0.1, 0.15) is 0 Å². The molecule has 134 valence electrons. The lowest BCUT2D eigenvalue weighted by molar-refractivity contribution is 0.245. The van der Waals surface area contributed by atoms with Crippen LogP contribution < -0.4 is 21.7 Å². The molecule has 1 aromatic heterocycles. The smallest absolute Gasteiger partial charge is 0.319 e. The van der Waals surface area contributed by atoms with E-state index in [-0.39, 0.29) is 12.1 Å². The van der Waals surface area contributed by atoms with Gasteiger partial charge in [0.15, 0.2) is 5.82 Å². The third kappa shape index (κ3) is 3.34. The summed E-state index contributed by atoms with van der Waals surface area (Å²) in [6, 6.07) is 13.7. The number of H-pyrrole nitrogens is 1. The van der Waals surface area contributed by atoms with Crippen LogP contribution in [0.5, 0.6) is 0 Å². The Morgan fingerprint density at radius 3 is 2.81 bits per heavy atom. The molecule has 6 N–H and O–H groups in total. The summed E-state index contributed by atoms with van der Waals surface area (Å²) in [6.45, 7) is 1.84. The van der Waals surface area contributed by atoms with Gasteiger partial charge in [-0.05, 0) is 48.7 Å². The number of carbonyl (C=O) groups is 1. The van der Waals surface area contributed by atoms with Crippen molar-refractivity contribution in [1.29, 1.82) is 0 Å². The van der Waals surface area contributed by atoms with E-state index in [0.717, 1.165) is 53.6 Å². The standard InChI is InChI=1S/C19H22N6O/c20-18-17-15(4-1-5-16(17)24-25-18)12-6-8-13(9-7-12)22-19(26)23-14-3-2-10-21-11-14/h1,4-9,14,21H,2-3,10-11H2,(H3,20,24,25)(H2,22,23,26). The fourth-order valence-corrected chi connectivity index (χ4v) is 3.40. The number of aromatic nitrogens is 2. The number of nitrogen functional groups attached to an aromatic ring is 1. The average molecular weight is 350 g/mol. The molecular weight excluding hydrogens is 328 g/mol. The van der Waals surface area contributed by atoms with E-state index in [2.05, 4.69) is 26.1 Å². The van der Waals surface area contributed by atoms with Crippen LogP contribution in [0.25, 0.3) is 22.0 Å². The summed E-state index contributed by atoms with van der Waals surface area (Å²) in [5, 5.41) is 17.1. The number of benzene rings is 2. The summed E-state index contributed by atoms with van der Waals surface area (Å²) < 4.78 is 0. The van der Waals surface area contributed by atoms with E-state index in [4.69, 9.17) is 5.73 Å². The molecule has 7 nitrogen and oxygen atoms in total. The van der Waals surface area contributed by atoms with Crippen molar-refractivity contribution in [3.8, 4) is 11.1 Å². The van der Waals surface area contributed by atoms with Crippen molar-refractivity contribution in [1.82, 2.24) is 20.8 Å². The van der Waals surface area contributed by atoms with Crippen molar-refractivity contribution in [3.05, 3.63) is 42.5 Å². The molecule has 3 aromatic rings. The van der Waals surface area contributed by atoms with Crippen molar-refractivity contribution in [2.45, 2.75) is 18.9 Å². The molecule has 7 heteroatoms. The highest BCUT2D eigenvalue weighted by Gasteiger charge is 2.15. The Bertz CT molecular complexity index is 911. The molecule has 1 unspecified atom stereocenters. The minimum atomic E-state index is -0.173. The third-order valence-corrected chi connectivity index (χ3v) is 4.70. The predicted octanol–water partition coefficient (Wildman–Crippen LogP) is 2.69. The second-order valence-corrected chi connectivity index (χ2v) is 6.56. The summed E-state index contributed by atoms with van der Waals surface area (Å²) in [5.41, 5.74) is 9.68. The second-order valence-electron chi connectivity index (χ2n) is 6.56. The number of nitrogens with one attached hydrogen (secondary N) is 4. The largest absolute Gasteiger partial charge is 0.382 e. The quantitative estimate of drug-likeness (QED) is 0.500. The van der Waals surface area contributed by atoms with E-state index < -0.39 is 0 Å². The van der Waals surface area contributed by atoms with Gasteiger partial charge in [-0.25, -0.2) is 4.79 Å². The van der Waals surface area contributed by atoms with Crippen molar-refractivity contribution in [2.75, 3.05) is 24.1 Å². The van der Waals surface area contributed by atoms with Gasteiger partial charge in [0.05, 0.1) is 10.9 Å². The fourth-order valence-electron chi connectivity index (χ4n) is 3.40. The zero-order valence-corrected chi connectivity index (χ0v) is 14.4. The lowest BCUT2D eigenvalue weighted by atomic mass is 10.0. The van der Waals surface area contributed by atoms with E-state index >= 15 is 0 Å². The third-order valence-electron chi connectivity index (χ3n) is 4.70. The van der Waals surface area contributed by atoms with Crippen LogP contribution in [0, 0.1) is 0 Å². The molecule has 2 aromatic carbocycles. The molecule has 4 rings (SSSR count). The first-order chi connectivity index (χ1) is 12.7. The molecule has 0 saturated carbocycles. The topological polar surface area (TPSA) is 108 Å². The van der Waals surface area contributed by atoms with E-state index in [0.29, 0.717) is 5.82 Å². The van der Waals surface area contributed by atoms with Gasteiger partial charge >= 0.3 is 6.03 Å². The number of rotatable bonds is 3. The highest BCUT2D eigenvalue weighted by molar-refractivity contribution is 6.01. The van der Waals surface area contributed by atoms with Crippen molar-refractivity contribution in [2.24, 2.45) is 0 Å². The van der Waals surface area contributed by atoms with Crippen LogP contribution in [0.1, 0.15) is 12.8 Å². The summed E-state index contributed by atoms with van der Waals surface area (Å²) in [6.07, 6.45) is 2.10. The predicted molar refractivity (Wildman–Crippen MR) is 104 cm³/mol. The van der Waals surface area contributed by atoms with Gasteiger partial charge in [0.25, 0.3) is 0 Å². The fraction of sp³-hybridized carbons (Fsp3) is 0.263. The average Bonchev–Trinajstić information content (AvgIpc) is 3.04. The number of anilines is 2. The normalized spacial score (nSPS) is 17.2. The van der Waals surface area contributed by atoms with E-state index in [1.165, 1.54) is 0 Å². The number of carbonyl (C=O) groups excluding carboxylic acids is 1. The molecular formula is C19H22N6O. The van der Waals surface area contributed by atoms with E-state index in [9.17, 15) is 4.79 Å². The Kier molecular flexibility index (Phi) is 4.45. The number of hydrogen-bond acceptors (Lipinski definition) is 4. The molecule has 1 aliphatic rings. The van der Waals surface area contributed by atoms with Crippen LogP contribution in [0.3, 0.4) is 0 Å². The van der Waals surface area contributed by atoms with Gasteiger partial charge in [0, 0.05) is 18.3 Å². The first-order valence-electron chi connectivity index (χ1n) is 8.82. The molecule has 0 aliphatic carbocycles. The Hall–Kier alpha value is -3.06. The van der Waals surface area contributed by atoms with Gasteiger partial charge in [0.2, 0.25) is 0 Å². The molecule has 0 bridgehead atoms. The Labute approximate surface area is 151 Å². The summed E-state index contributed by atoms with van der Waals surface area (Å²) >= 11 is 0. The van der Waals surface area contributed by atoms with Crippen molar-refractivity contribution < 1.29 is 4.79 Å². The van der Waals surface area contributed by atoms with Crippen LogP contribution in [0.15, 0.2) is 42.5 Å². The minimum Gasteiger partial charge on any atom is -0.382 e. The number of nitrogens with zero attached hydrogens (tertiary/aromatic N) is 1. The molecule has 1 atom stereocenters. The van der Waals surface area contributed by atoms with Crippen LogP contribution in [-0.2, 0) is 0 Å². The van der Waals surface area contributed by atoms with E-state index in [1.807, 2.05) is 42.5 Å². The molecule has 26 heavy (non-hydrogen) atoms. The van der Waals surface area contributed by atoms with Crippen molar-refractivity contribution in [3.63, 3.8) is 0 Å². The van der Waals surface area contributed by atoms with Gasteiger partial charge in [-0.1, -0.05) is 24.3 Å². The maximum Gasteiger partial charge on any atom is 0.319 e.